The average Bonchev–Trinajstić information content (AvgIpc) is 3.12. The van der Waals surface area contributed by atoms with Gasteiger partial charge in [-0.3, -0.25) is 4.90 Å². The largest absolute Gasteiger partial charge is 0.493 e. The van der Waals surface area contributed by atoms with Crippen LogP contribution in [-0.2, 0) is 11.1 Å². The molecule has 25 heavy (non-hydrogen) atoms. The standard InChI is InChI=1S/C20H31NO4/c1-23-19-8-7-15(13-20(19)24-2)10-12-25-18-6-4-3-5-17(18)21-11-9-16(22)14-21/h7-8,13,16-18,22H,3-6,9-12,14H2,1-2H3/t16?,17-,18-/m1/s1/i1D3,2D3,10D2. The zero-order valence-electron chi connectivity index (χ0n) is 22.2. The monoisotopic (exact) mass is 357 g/mol. The predicted molar refractivity (Wildman–Crippen MR) is 97.4 cm³/mol. The van der Waals surface area contributed by atoms with Crippen LogP contribution in [0, 0.1) is 0 Å². The third-order valence-electron chi connectivity index (χ3n) is 5.07. The van der Waals surface area contributed by atoms with E-state index in [0.29, 0.717) is 6.54 Å². The minimum Gasteiger partial charge on any atom is -0.493 e. The fourth-order valence-electron chi connectivity index (χ4n) is 3.77. The van der Waals surface area contributed by atoms with Gasteiger partial charge in [-0.1, -0.05) is 18.9 Å². The molecule has 1 aromatic carbocycles. The molecule has 0 aromatic heterocycles. The molecule has 0 bridgehead atoms. The minimum absolute atomic E-state index is 0.0867. The summed E-state index contributed by atoms with van der Waals surface area (Å²) in [5.74, 6) is -0.694. The van der Waals surface area contributed by atoms with Crippen molar-refractivity contribution in [1.29, 1.82) is 0 Å². The van der Waals surface area contributed by atoms with Gasteiger partial charge in [0, 0.05) is 21.9 Å². The molecule has 1 unspecified atom stereocenters. The zero-order valence-corrected chi connectivity index (χ0v) is 14.2. The average molecular weight is 358 g/mol. The van der Waals surface area contributed by atoms with E-state index in [1.165, 1.54) is 12.1 Å². The first-order chi connectivity index (χ1) is 15.2. The van der Waals surface area contributed by atoms with Crippen molar-refractivity contribution in [3.05, 3.63) is 23.8 Å². The number of aliphatic hydroxyl groups is 1. The lowest BCUT2D eigenvalue weighted by atomic mass is 9.91. The van der Waals surface area contributed by atoms with E-state index >= 15 is 0 Å². The molecule has 3 rings (SSSR count). The van der Waals surface area contributed by atoms with Crippen LogP contribution in [0.25, 0.3) is 0 Å². The Morgan fingerprint density at radius 3 is 2.84 bits per heavy atom. The topological polar surface area (TPSA) is 51.2 Å². The Bertz CT molecular complexity index is 801. The first kappa shape index (κ1) is 10.8. The van der Waals surface area contributed by atoms with Crippen LogP contribution in [0.5, 0.6) is 11.5 Å². The van der Waals surface area contributed by atoms with Gasteiger partial charge >= 0.3 is 0 Å². The van der Waals surface area contributed by atoms with Crippen LogP contribution in [0.15, 0.2) is 18.2 Å². The number of rotatable bonds is 7. The molecule has 0 radical (unpaired) electrons. The van der Waals surface area contributed by atoms with E-state index in [1.54, 1.807) is 0 Å². The number of ether oxygens (including phenoxy) is 3. The number of hydrogen-bond acceptors (Lipinski definition) is 5. The first-order valence-electron chi connectivity index (χ1n) is 12.8. The van der Waals surface area contributed by atoms with E-state index < -0.39 is 20.4 Å². The van der Waals surface area contributed by atoms with Gasteiger partial charge in [0.2, 0.25) is 0 Å². The second kappa shape index (κ2) is 8.88. The predicted octanol–water partition coefficient (Wildman–Crippen LogP) is 2.64. The van der Waals surface area contributed by atoms with Crippen LogP contribution in [-0.4, -0.2) is 62.0 Å². The molecule has 5 heteroatoms. The lowest BCUT2D eigenvalue weighted by Crippen LogP contribution is -2.46. The summed E-state index contributed by atoms with van der Waals surface area (Å²) in [6.07, 6.45) is 1.99. The smallest absolute Gasteiger partial charge is 0.160 e. The van der Waals surface area contributed by atoms with Crippen molar-refractivity contribution in [2.45, 2.75) is 56.7 Å². The van der Waals surface area contributed by atoms with Crippen LogP contribution >= 0.6 is 0 Å². The van der Waals surface area contributed by atoms with Gasteiger partial charge in [-0.25, -0.2) is 0 Å². The van der Waals surface area contributed by atoms with E-state index in [0.717, 1.165) is 44.7 Å². The lowest BCUT2D eigenvalue weighted by molar-refractivity contribution is -0.0316. The summed E-state index contributed by atoms with van der Waals surface area (Å²) in [6, 6.07) is 3.80. The molecule has 0 spiro atoms. The van der Waals surface area contributed by atoms with Gasteiger partial charge in [0.15, 0.2) is 11.5 Å². The van der Waals surface area contributed by atoms with Gasteiger partial charge in [0.1, 0.15) is 0 Å². The van der Waals surface area contributed by atoms with Crippen molar-refractivity contribution >= 4 is 0 Å². The van der Waals surface area contributed by atoms with Crippen LogP contribution in [0.1, 0.15) is 48.6 Å². The van der Waals surface area contributed by atoms with Crippen LogP contribution < -0.4 is 9.47 Å². The maximum Gasteiger partial charge on any atom is 0.160 e. The van der Waals surface area contributed by atoms with Crippen LogP contribution in [0.3, 0.4) is 0 Å². The number of benzene rings is 1. The van der Waals surface area contributed by atoms with Crippen molar-refractivity contribution in [2.24, 2.45) is 0 Å². The highest BCUT2D eigenvalue weighted by Gasteiger charge is 2.34. The first-order valence-corrected chi connectivity index (χ1v) is 8.80. The van der Waals surface area contributed by atoms with Crippen molar-refractivity contribution in [3.63, 3.8) is 0 Å². The molecular weight excluding hydrogens is 318 g/mol. The normalized spacial score (nSPS) is 33.7. The highest BCUT2D eigenvalue weighted by atomic mass is 16.5. The molecule has 1 aliphatic heterocycles. The maximum atomic E-state index is 9.88. The third kappa shape index (κ3) is 4.66. The Morgan fingerprint density at radius 1 is 1.20 bits per heavy atom. The summed E-state index contributed by atoms with van der Waals surface area (Å²) in [4.78, 5) is 2.22. The van der Waals surface area contributed by atoms with Gasteiger partial charge in [0.25, 0.3) is 0 Å². The Morgan fingerprint density at radius 2 is 2.04 bits per heavy atom. The summed E-state index contributed by atoms with van der Waals surface area (Å²) < 4.78 is 76.5. The Kier molecular flexibility index (Phi) is 3.82. The van der Waals surface area contributed by atoms with Crippen LogP contribution in [0.4, 0.5) is 0 Å². The van der Waals surface area contributed by atoms with E-state index in [-0.39, 0.29) is 41.9 Å². The molecule has 1 aromatic rings. The third-order valence-corrected chi connectivity index (χ3v) is 5.07. The quantitative estimate of drug-likeness (QED) is 0.813. The molecule has 1 saturated carbocycles. The molecule has 1 N–H and O–H groups in total. The minimum atomic E-state index is -2.87. The summed E-state index contributed by atoms with van der Waals surface area (Å²) >= 11 is 0. The van der Waals surface area contributed by atoms with Gasteiger partial charge in [-0.15, -0.1) is 0 Å². The molecule has 3 atom stereocenters. The van der Waals surface area contributed by atoms with E-state index in [4.69, 9.17) is 25.2 Å². The SMILES string of the molecule is [2H]C([2H])([2H])Oc1ccc(C([2H])([2H])CO[C@@H]2CCCC[C@H]2N2CCC(O)C2)cc1OC([2H])([2H])[2H]. The molecule has 2 fully saturated rings. The number of aliphatic hydroxyl groups excluding tert-OH is 1. The molecular formula is C20H31NO4. The van der Waals surface area contributed by atoms with Crippen LogP contribution in [0.2, 0.25) is 0 Å². The Labute approximate surface area is 162 Å². The van der Waals surface area contributed by atoms with Gasteiger partial charge in [0.05, 0.1) is 41.1 Å². The second-order valence-electron chi connectivity index (χ2n) is 6.68. The van der Waals surface area contributed by atoms with Gasteiger partial charge < -0.3 is 19.3 Å². The second-order valence-corrected chi connectivity index (χ2v) is 6.68. The maximum absolute atomic E-state index is 9.88. The van der Waals surface area contributed by atoms with E-state index in [2.05, 4.69) is 4.90 Å². The molecule has 5 nitrogen and oxygen atoms in total. The number of hydrogen-bond donors (Lipinski definition) is 1. The number of likely N-dealkylation sites (tertiary alicyclic amines) is 1. The fraction of sp³-hybridized carbons (Fsp3) is 0.700. The highest BCUT2D eigenvalue weighted by Crippen LogP contribution is 2.30. The van der Waals surface area contributed by atoms with Crippen molar-refractivity contribution < 1.29 is 30.3 Å². The number of nitrogens with zero attached hydrogens (tertiary/aromatic N) is 1. The summed E-state index contributed by atoms with van der Waals surface area (Å²) in [7, 11) is -5.69. The molecule has 1 heterocycles. The van der Waals surface area contributed by atoms with Crippen molar-refractivity contribution in [2.75, 3.05) is 33.8 Å². The highest BCUT2D eigenvalue weighted by molar-refractivity contribution is 5.42. The van der Waals surface area contributed by atoms with E-state index in [9.17, 15) is 5.11 Å². The Hall–Kier alpha value is -1.30. The lowest BCUT2D eigenvalue weighted by Gasteiger charge is -2.37. The molecule has 1 saturated heterocycles. The van der Waals surface area contributed by atoms with Gasteiger partial charge in [-0.2, -0.15) is 0 Å². The molecule has 140 valence electrons. The fourth-order valence-corrected chi connectivity index (χ4v) is 3.77. The Balaban J connectivity index is 1.74. The number of methoxy groups -OCH3 is 2. The summed E-state index contributed by atoms with van der Waals surface area (Å²) in [5.41, 5.74) is 0.0867. The van der Waals surface area contributed by atoms with E-state index in [1.807, 2.05) is 0 Å². The summed E-state index contributed by atoms with van der Waals surface area (Å²) in [5, 5.41) is 9.88. The van der Waals surface area contributed by atoms with Crippen molar-refractivity contribution in [1.82, 2.24) is 4.90 Å². The van der Waals surface area contributed by atoms with Gasteiger partial charge in [-0.05, 0) is 43.3 Å². The van der Waals surface area contributed by atoms with Crippen molar-refractivity contribution in [3.8, 4) is 11.5 Å². The molecule has 0 amide bonds. The zero-order chi connectivity index (χ0) is 24.4. The molecule has 2 aliphatic rings. The summed E-state index contributed by atoms with van der Waals surface area (Å²) in [6.45, 7) is 1.12. The number of β-amino-alcohol motifs (C(OH)–C–C–N with tert-alkyl or cyclic N) is 1. The molecule has 1 aliphatic carbocycles.